The number of phenols is 1. The van der Waals surface area contributed by atoms with Gasteiger partial charge in [-0.15, -0.1) is 24.8 Å². The minimum Gasteiger partial charge on any atom is -0.507 e. The number of phenolic OH excluding ortho intramolecular Hbond substituents is 1. The van der Waals surface area contributed by atoms with Gasteiger partial charge in [0.25, 0.3) is 0 Å². The van der Waals surface area contributed by atoms with Crippen LogP contribution < -0.4 is 10.2 Å². The van der Waals surface area contributed by atoms with E-state index in [9.17, 15) is 5.11 Å². The van der Waals surface area contributed by atoms with E-state index in [0.717, 1.165) is 23.3 Å². The summed E-state index contributed by atoms with van der Waals surface area (Å²) < 4.78 is 23.3. The minimum atomic E-state index is -2.34. The number of nitrogens with zero attached hydrogens (tertiary/aromatic N) is 5. The quantitative estimate of drug-likeness (QED) is 0.538. The molecule has 1 aliphatic rings. The summed E-state index contributed by atoms with van der Waals surface area (Å²) in [5.74, 6) is 0.826. The Hall–Kier alpha value is -2.35. The Labute approximate surface area is 212 Å². The van der Waals surface area contributed by atoms with Crippen molar-refractivity contribution in [2.24, 2.45) is 6.98 Å². The lowest BCUT2D eigenvalue weighted by atomic mass is 9.79. The van der Waals surface area contributed by atoms with Crippen LogP contribution in [0.2, 0.25) is 0 Å². The van der Waals surface area contributed by atoms with E-state index >= 15 is 0 Å². The molecule has 0 aliphatic carbocycles. The molecule has 9 heteroatoms. The zero-order valence-corrected chi connectivity index (χ0v) is 21.2. The number of aromatic hydroxyl groups is 1. The Kier molecular flexibility index (Phi) is 6.71. The molecule has 1 aromatic carbocycles. The van der Waals surface area contributed by atoms with Gasteiger partial charge < -0.3 is 15.3 Å². The van der Waals surface area contributed by atoms with Crippen molar-refractivity contribution in [3.63, 3.8) is 0 Å². The second kappa shape index (κ2) is 9.87. The normalized spacial score (nSPS) is 18.8. The van der Waals surface area contributed by atoms with Crippen LogP contribution in [0.25, 0.3) is 22.4 Å². The summed E-state index contributed by atoms with van der Waals surface area (Å²) in [5.41, 5.74) is 2.44. The monoisotopic (exact) mass is 495 g/mol. The highest BCUT2D eigenvalue weighted by atomic mass is 35.5. The average molecular weight is 497 g/mol. The van der Waals surface area contributed by atoms with E-state index in [1.54, 1.807) is 30.6 Å². The van der Waals surface area contributed by atoms with Crippen LogP contribution in [0.3, 0.4) is 0 Å². The van der Waals surface area contributed by atoms with Gasteiger partial charge in [-0.3, -0.25) is 9.67 Å². The first-order chi connectivity index (χ1) is 15.7. The van der Waals surface area contributed by atoms with Crippen molar-refractivity contribution >= 4 is 30.6 Å². The minimum absolute atomic E-state index is 0. The van der Waals surface area contributed by atoms with Gasteiger partial charge in [0.05, 0.1) is 24.3 Å². The molecule has 0 spiro atoms. The fourth-order valence-electron chi connectivity index (χ4n) is 4.77. The zero-order chi connectivity index (χ0) is 24.9. The Balaban J connectivity index is 0.00000228. The summed E-state index contributed by atoms with van der Waals surface area (Å²) >= 11 is 0. The highest BCUT2D eigenvalue weighted by Gasteiger charge is 2.39. The number of halogens is 2. The van der Waals surface area contributed by atoms with Crippen LogP contribution in [0.15, 0.2) is 43.0 Å². The van der Waals surface area contributed by atoms with Crippen molar-refractivity contribution in [3.8, 4) is 28.1 Å². The van der Waals surface area contributed by atoms with E-state index in [1.165, 1.54) is 12.4 Å². The molecule has 0 amide bonds. The van der Waals surface area contributed by atoms with Crippen LogP contribution in [0, 0.1) is 0 Å². The van der Waals surface area contributed by atoms with Crippen LogP contribution in [-0.2, 0) is 6.98 Å². The Morgan fingerprint density at radius 3 is 2.30 bits per heavy atom. The summed E-state index contributed by atoms with van der Waals surface area (Å²) in [6.07, 6.45) is 8.31. The third kappa shape index (κ3) is 5.96. The van der Waals surface area contributed by atoms with Crippen LogP contribution >= 0.6 is 24.8 Å². The molecule has 0 atom stereocenters. The molecule has 0 radical (unpaired) electrons. The first-order valence-electron chi connectivity index (χ1n) is 12.0. The smallest absolute Gasteiger partial charge is 0.147 e. The van der Waals surface area contributed by atoms with Crippen LogP contribution in [0.1, 0.15) is 44.6 Å². The Morgan fingerprint density at radius 1 is 1.06 bits per heavy atom. The van der Waals surface area contributed by atoms with Gasteiger partial charge >= 0.3 is 0 Å². The number of anilines is 1. The number of rotatable bonds is 4. The molecule has 3 aromatic rings. The molecule has 0 unspecified atom stereocenters. The average Bonchev–Trinajstić information content (AvgIpc) is 3.22. The predicted octanol–water partition coefficient (Wildman–Crippen LogP) is 4.84. The predicted molar refractivity (Wildman–Crippen MR) is 139 cm³/mol. The first kappa shape index (κ1) is 22.4. The molecule has 2 N–H and O–H groups in total. The lowest BCUT2D eigenvalue weighted by Crippen LogP contribution is -2.62. The maximum absolute atomic E-state index is 10.6. The molecule has 7 nitrogen and oxygen atoms in total. The summed E-state index contributed by atoms with van der Waals surface area (Å²) in [7, 11) is 2.05. The van der Waals surface area contributed by atoms with E-state index in [1.807, 2.05) is 0 Å². The third-order valence-corrected chi connectivity index (χ3v) is 5.91. The summed E-state index contributed by atoms with van der Waals surface area (Å²) in [6.45, 7) is 6.56. The fraction of sp³-hybridized carbons (Fsp3) is 0.458. The van der Waals surface area contributed by atoms with Crippen molar-refractivity contribution in [1.29, 1.82) is 0 Å². The maximum Gasteiger partial charge on any atom is 0.147 e. The van der Waals surface area contributed by atoms with Crippen molar-refractivity contribution < 1.29 is 9.22 Å². The van der Waals surface area contributed by atoms with Gasteiger partial charge in [-0.2, -0.15) is 5.10 Å². The van der Waals surface area contributed by atoms with Crippen LogP contribution in [-0.4, -0.2) is 49.0 Å². The van der Waals surface area contributed by atoms with Gasteiger partial charge in [0, 0.05) is 52.6 Å². The first-order valence-corrected chi connectivity index (χ1v) is 10.5. The highest BCUT2D eigenvalue weighted by molar-refractivity contribution is 5.85. The van der Waals surface area contributed by atoms with Gasteiger partial charge in [0.1, 0.15) is 11.6 Å². The number of nitrogens with one attached hydrogen (secondary N) is 1. The molecule has 4 rings (SSSR count). The number of hydrogen-bond acceptors (Lipinski definition) is 6. The molecule has 1 saturated heterocycles. The Bertz CT molecular complexity index is 1170. The summed E-state index contributed by atoms with van der Waals surface area (Å²) in [6, 6.07) is 5.46. The van der Waals surface area contributed by atoms with Crippen molar-refractivity contribution in [1.82, 2.24) is 25.1 Å². The molecule has 2 aromatic heterocycles. The van der Waals surface area contributed by atoms with Crippen molar-refractivity contribution in [2.75, 3.05) is 11.9 Å². The SMILES string of the molecule is Cl.Cl.[2H]C([2H])([2H])n1cc(-c2ccc(-c3cnc(N(C)C4CC(C)(C)NC(C)(C)C4)cn3)c(O)c2)cn1. The lowest BCUT2D eigenvalue weighted by Gasteiger charge is -2.49. The van der Waals surface area contributed by atoms with Crippen LogP contribution in [0.5, 0.6) is 5.75 Å². The van der Waals surface area contributed by atoms with E-state index in [-0.39, 0.29) is 41.6 Å². The van der Waals surface area contributed by atoms with Gasteiger partial charge in [0.15, 0.2) is 0 Å². The highest BCUT2D eigenvalue weighted by Crippen LogP contribution is 2.34. The number of aromatic nitrogens is 4. The molecular weight excluding hydrogens is 459 g/mol. The summed E-state index contributed by atoms with van der Waals surface area (Å²) in [5, 5.41) is 18.3. The van der Waals surface area contributed by atoms with Gasteiger partial charge in [-0.05, 0) is 58.2 Å². The second-order valence-electron chi connectivity index (χ2n) is 9.73. The van der Waals surface area contributed by atoms with Crippen molar-refractivity contribution in [3.05, 3.63) is 43.0 Å². The van der Waals surface area contributed by atoms with Gasteiger partial charge in [-0.25, -0.2) is 4.98 Å². The van der Waals surface area contributed by atoms with E-state index in [0.29, 0.717) is 28.4 Å². The third-order valence-electron chi connectivity index (χ3n) is 5.91. The fourth-order valence-corrected chi connectivity index (χ4v) is 4.77. The number of piperidine rings is 1. The topological polar surface area (TPSA) is 79.1 Å². The molecule has 33 heavy (non-hydrogen) atoms. The lowest BCUT2D eigenvalue weighted by molar-refractivity contribution is 0.160. The number of benzene rings is 1. The molecule has 1 fully saturated rings. The van der Waals surface area contributed by atoms with Crippen molar-refractivity contribution in [2.45, 2.75) is 57.7 Å². The second-order valence-corrected chi connectivity index (χ2v) is 9.73. The Morgan fingerprint density at radius 2 is 1.76 bits per heavy atom. The summed E-state index contributed by atoms with van der Waals surface area (Å²) in [4.78, 5) is 11.4. The maximum atomic E-state index is 10.6. The molecule has 3 heterocycles. The van der Waals surface area contributed by atoms with E-state index in [4.69, 9.17) is 4.11 Å². The molecular formula is C24H34Cl2N6O. The molecule has 0 saturated carbocycles. The molecule has 1 aliphatic heterocycles. The number of hydrogen-bond donors (Lipinski definition) is 2. The largest absolute Gasteiger partial charge is 0.507 e. The zero-order valence-electron chi connectivity index (χ0n) is 22.5. The standard InChI is InChI=1S/C24H32N6O.2ClH/c1-23(2)10-18(11-24(3,4)28-23)30(6)22-14-25-20(13-26-22)19-8-7-16(9-21(19)31)17-12-27-29(5)15-17;;/h7-9,12-15,18,28,31H,10-11H2,1-6H3;2*1H/i5D3;;. The molecule has 0 bridgehead atoms. The van der Waals surface area contributed by atoms with Crippen LogP contribution in [0.4, 0.5) is 5.82 Å². The molecule has 180 valence electrons. The van der Waals surface area contributed by atoms with Gasteiger partial charge in [0.2, 0.25) is 0 Å². The van der Waals surface area contributed by atoms with E-state index < -0.39 is 6.98 Å². The van der Waals surface area contributed by atoms with E-state index in [2.05, 4.69) is 60.0 Å². The van der Waals surface area contributed by atoms with Gasteiger partial charge in [-0.1, -0.05) is 6.07 Å². The number of aryl methyl sites for hydroxylation is 1.